The zero-order valence-corrected chi connectivity index (χ0v) is 20.6. The van der Waals surface area contributed by atoms with Crippen LogP contribution in [0.5, 0.6) is 0 Å². The SMILES string of the molecule is CNC(=O)OC(C)C(=O)N[C@H]1CCS[C@H]2CC(C)(C)[C@H](C(=O)n3ccc4ccccc43)N2C1=O. The van der Waals surface area contributed by atoms with Gasteiger partial charge in [0.25, 0.3) is 11.8 Å². The number of ether oxygens (including phenoxy) is 1. The predicted molar refractivity (Wildman–Crippen MR) is 129 cm³/mol. The molecule has 0 aliphatic carbocycles. The van der Waals surface area contributed by atoms with Crippen molar-refractivity contribution in [3.8, 4) is 0 Å². The van der Waals surface area contributed by atoms with E-state index < -0.39 is 35.6 Å². The van der Waals surface area contributed by atoms with Crippen LogP contribution < -0.4 is 10.6 Å². The second-order valence-electron chi connectivity index (χ2n) is 9.40. The average molecular weight is 487 g/mol. The van der Waals surface area contributed by atoms with Gasteiger partial charge >= 0.3 is 6.09 Å². The molecule has 0 radical (unpaired) electrons. The third-order valence-corrected chi connectivity index (χ3v) is 7.79. The van der Waals surface area contributed by atoms with Crippen LogP contribution in [0.3, 0.4) is 0 Å². The van der Waals surface area contributed by atoms with Gasteiger partial charge < -0.3 is 20.3 Å². The minimum atomic E-state index is -1.06. The van der Waals surface area contributed by atoms with E-state index in [1.807, 2.05) is 44.2 Å². The Morgan fingerprint density at radius 2 is 1.94 bits per heavy atom. The molecule has 9 nitrogen and oxygen atoms in total. The van der Waals surface area contributed by atoms with Crippen LogP contribution >= 0.6 is 11.8 Å². The first kappa shape index (κ1) is 24.1. The summed E-state index contributed by atoms with van der Waals surface area (Å²) >= 11 is 1.63. The van der Waals surface area contributed by atoms with Gasteiger partial charge in [-0.25, -0.2) is 4.79 Å². The Morgan fingerprint density at radius 1 is 1.21 bits per heavy atom. The topological polar surface area (TPSA) is 110 Å². The number of carbonyl (C=O) groups excluding carboxylic acids is 4. The second-order valence-corrected chi connectivity index (χ2v) is 10.7. The van der Waals surface area contributed by atoms with Gasteiger partial charge in [0.2, 0.25) is 5.91 Å². The fraction of sp³-hybridized carbons (Fsp3) is 0.500. The Hall–Kier alpha value is -3.01. The van der Waals surface area contributed by atoms with Crippen LogP contribution in [0.15, 0.2) is 36.5 Å². The molecule has 3 amide bonds. The Balaban J connectivity index is 1.60. The Bertz CT molecular complexity index is 1130. The van der Waals surface area contributed by atoms with E-state index in [1.165, 1.54) is 14.0 Å². The third-order valence-electron chi connectivity index (χ3n) is 6.54. The van der Waals surface area contributed by atoms with Gasteiger partial charge in [-0.3, -0.25) is 19.0 Å². The predicted octanol–water partition coefficient (Wildman–Crippen LogP) is 2.60. The molecular weight excluding hydrogens is 456 g/mol. The molecule has 1 aromatic heterocycles. The molecule has 1 aromatic carbocycles. The summed E-state index contributed by atoms with van der Waals surface area (Å²) < 4.78 is 6.61. The number of thioether (sulfide) groups is 1. The maximum absolute atomic E-state index is 13.8. The molecule has 4 rings (SSSR count). The Kier molecular flexibility index (Phi) is 6.62. The average Bonchev–Trinajstić information content (AvgIpc) is 3.31. The van der Waals surface area contributed by atoms with Crippen molar-refractivity contribution in [3.63, 3.8) is 0 Å². The van der Waals surface area contributed by atoms with E-state index in [0.717, 1.165) is 10.9 Å². The Labute approximate surface area is 202 Å². The minimum Gasteiger partial charge on any atom is -0.436 e. The first-order valence-corrected chi connectivity index (χ1v) is 12.4. The zero-order valence-electron chi connectivity index (χ0n) is 19.7. The van der Waals surface area contributed by atoms with Crippen molar-refractivity contribution in [3.05, 3.63) is 36.5 Å². The summed E-state index contributed by atoms with van der Waals surface area (Å²) in [4.78, 5) is 53.3. The number of fused-ring (bicyclic) bond motifs is 2. The Morgan fingerprint density at radius 3 is 2.68 bits per heavy atom. The normalized spacial score (nSPS) is 24.8. The molecule has 2 fully saturated rings. The lowest BCUT2D eigenvalue weighted by atomic mass is 9.84. The van der Waals surface area contributed by atoms with E-state index in [-0.39, 0.29) is 17.2 Å². The van der Waals surface area contributed by atoms with E-state index in [0.29, 0.717) is 18.6 Å². The van der Waals surface area contributed by atoms with Crippen molar-refractivity contribution < 1.29 is 23.9 Å². The number of nitrogens with zero attached hydrogens (tertiary/aromatic N) is 2. The molecule has 34 heavy (non-hydrogen) atoms. The fourth-order valence-electron chi connectivity index (χ4n) is 4.79. The van der Waals surface area contributed by atoms with Gasteiger partial charge in [0, 0.05) is 18.6 Å². The molecule has 0 saturated carbocycles. The second kappa shape index (κ2) is 9.32. The summed E-state index contributed by atoms with van der Waals surface area (Å²) in [5, 5.41) is 5.83. The van der Waals surface area contributed by atoms with Crippen LogP contribution in [-0.4, -0.2) is 69.6 Å². The van der Waals surface area contributed by atoms with Gasteiger partial charge in [0.05, 0.1) is 10.9 Å². The molecule has 0 bridgehead atoms. The molecule has 2 N–H and O–H groups in total. The maximum atomic E-state index is 13.8. The lowest BCUT2D eigenvalue weighted by Crippen LogP contribution is -2.56. The number of carbonyl (C=O) groups is 4. The number of hydrogen-bond donors (Lipinski definition) is 2. The van der Waals surface area contributed by atoms with E-state index in [1.54, 1.807) is 27.4 Å². The lowest BCUT2D eigenvalue weighted by molar-refractivity contribution is -0.139. The quantitative estimate of drug-likeness (QED) is 0.688. The number of benzene rings is 1. The fourth-order valence-corrected chi connectivity index (χ4v) is 6.37. The molecule has 10 heteroatoms. The van der Waals surface area contributed by atoms with E-state index in [2.05, 4.69) is 10.6 Å². The summed E-state index contributed by atoms with van der Waals surface area (Å²) in [7, 11) is 1.40. The largest absolute Gasteiger partial charge is 0.436 e. The van der Waals surface area contributed by atoms with Crippen molar-refractivity contribution >= 4 is 46.5 Å². The molecule has 2 aliphatic rings. The highest BCUT2D eigenvalue weighted by atomic mass is 32.2. The number of alkyl carbamates (subject to hydrolysis) is 1. The number of rotatable bonds is 4. The summed E-state index contributed by atoms with van der Waals surface area (Å²) in [6, 6.07) is 8.06. The molecule has 2 aliphatic heterocycles. The van der Waals surface area contributed by atoms with E-state index in [9.17, 15) is 19.2 Å². The van der Waals surface area contributed by atoms with Gasteiger partial charge in [0.15, 0.2) is 6.10 Å². The van der Waals surface area contributed by atoms with Crippen LogP contribution in [-0.2, 0) is 14.3 Å². The van der Waals surface area contributed by atoms with Crippen LogP contribution in [0.4, 0.5) is 4.79 Å². The smallest absolute Gasteiger partial charge is 0.407 e. The van der Waals surface area contributed by atoms with Gasteiger partial charge in [0.1, 0.15) is 12.1 Å². The van der Waals surface area contributed by atoms with Crippen LogP contribution in [0.2, 0.25) is 0 Å². The molecule has 2 aromatic rings. The van der Waals surface area contributed by atoms with Crippen molar-refractivity contribution in [2.24, 2.45) is 5.41 Å². The highest BCUT2D eigenvalue weighted by molar-refractivity contribution is 7.99. The summed E-state index contributed by atoms with van der Waals surface area (Å²) in [5.74, 6) is -0.337. The first-order valence-electron chi connectivity index (χ1n) is 11.4. The molecule has 0 spiro atoms. The molecule has 4 atom stereocenters. The number of hydrogen-bond acceptors (Lipinski definition) is 6. The standard InChI is InChI=1S/C24H30N4O5S/c1-14(33-23(32)25-4)20(29)26-16-10-12-34-18-13-24(2,3)19(28(18)21(16)30)22(31)27-11-9-15-7-5-6-8-17(15)27/h5-9,11,14,16,18-19H,10,12-13H2,1-4H3,(H,25,32)(H,26,29)/t14?,16-,18-,19-/m0/s1. The van der Waals surface area contributed by atoms with Crippen molar-refractivity contribution in [1.29, 1.82) is 0 Å². The van der Waals surface area contributed by atoms with Gasteiger partial charge in [-0.2, -0.15) is 0 Å². The molecule has 182 valence electrons. The van der Waals surface area contributed by atoms with E-state index in [4.69, 9.17) is 4.74 Å². The number of para-hydroxylation sites is 1. The van der Waals surface area contributed by atoms with Gasteiger partial charge in [-0.05, 0) is 43.1 Å². The van der Waals surface area contributed by atoms with Crippen LogP contribution in [0.25, 0.3) is 10.9 Å². The third kappa shape index (κ3) is 4.38. The summed E-state index contributed by atoms with van der Waals surface area (Å²) in [5.41, 5.74) is 0.351. The molecule has 1 unspecified atom stereocenters. The molecule has 3 heterocycles. The lowest BCUT2D eigenvalue weighted by Gasteiger charge is -2.34. The van der Waals surface area contributed by atoms with Crippen LogP contribution in [0.1, 0.15) is 38.4 Å². The van der Waals surface area contributed by atoms with Crippen molar-refractivity contribution in [2.45, 2.75) is 57.2 Å². The number of nitrogens with one attached hydrogen (secondary N) is 2. The maximum Gasteiger partial charge on any atom is 0.407 e. The summed E-state index contributed by atoms with van der Waals surface area (Å²) in [6.45, 7) is 5.47. The van der Waals surface area contributed by atoms with Gasteiger partial charge in [-0.1, -0.05) is 32.0 Å². The zero-order chi connectivity index (χ0) is 24.6. The molecular formula is C24H30N4O5S. The van der Waals surface area contributed by atoms with Gasteiger partial charge in [-0.15, -0.1) is 11.8 Å². The molecule has 2 saturated heterocycles. The first-order chi connectivity index (χ1) is 16.1. The van der Waals surface area contributed by atoms with Crippen LogP contribution in [0, 0.1) is 5.41 Å². The van der Waals surface area contributed by atoms with E-state index >= 15 is 0 Å². The number of amides is 3. The highest BCUT2D eigenvalue weighted by Gasteiger charge is 2.54. The monoisotopic (exact) mass is 486 g/mol. The summed E-state index contributed by atoms with van der Waals surface area (Å²) in [6.07, 6.45) is 1.08. The van der Waals surface area contributed by atoms with Crippen molar-refractivity contribution in [2.75, 3.05) is 12.8 Å². The number of aromatic nitrogens is 1. The van der Waals surface area contributed by atoms with Crippen molar-refractivity contribution in [1.82, 2.24) is 20.1 Å². The highest BCUT2D eigenvalue weighted by Crippen LogP contribution is 2.47. The minimum absolute atomic E-state index is 0.153.